The van der Waals surface area contributed by atoms with Crippen LogP contribution >= 0.6 is 0 Å². The van der Waals surface area contributed by atoms with Crippen molar-refractivity contribution < 1.29 is 18.7 Å². The largest absolute Gasteiger partial charge is 0.497 e. The fourth-order valence-electron chi connectivity index (χ4n) is 5.67. The Labute approximate surface area is 217 Å². The van der Waals surface area contributed by atoms with Gasteiger partial charge in [-0.15, -0.1) is 0 Å². The maximum Gasteiger partial charge on any atom is 0.339 e. The van der Waals surface area contributed by atoms with Gasteiger partial charge in [-0.2, -0.15) is 0 Å². The van der Waals surface area contributed by atoms with Crippen LogP contribution in [0, 0.1) is 6.92 Å². The molecule has 0 saturated carbocycles. The van der Waals surface area contributed by atoms with Gasteiger partial charge in [0.25, 0.3) is 0 Å². The van der Waals surface area contributed by atoms with Crippen LogP contribution in [0.15, 0.2) is 39.5 Å². The second-order valence-corrected chi connectivity index (χ2v) is 10.1. The SMILES string of the molecule is CCCCCCc1cc2c3c(c(=O)oc2cc1OCC(=O)c1c(C)n(C)c2ccc(OC)cc12)CCC3. The summed E-state index contributed by atoms with van der Waals surface area (Å²) in [5.41, 5.74) is 5.78. The zero-order valence-corrected chi connectivity index (χ0v) is 22.2. The first-order valence-corrected chi connectivity index (χ1v) is 13.3. The van der Waals surface area contributed by atoms with Crippen molar-refractivity contribution in [1.82, 2.24) is 4.57 Å². The lowest BCUT2D eigenvalue weighted by molar-refractivity contribution is 0.0921. The van der Waals surface area contributed by atoms with Crippen LogP contribution in [0.25, 0.3) is 21.9 Å². The van der Waals surface area contributed by atoms with Crippen molar-refractivity contribution in [2.75, 3.05) is 13.7 Å². The zero-order chi connectivity index (χ0) is 26.1. The molecule has 0 N–H and O–H groups in total. The van der Waals surface area contributed by atoms with Crippen LogP contribution in [0.1, 0.15) is 71.8 Å². The van der Waals surface area contributed by atoms with E-state index in [1.807, 2.05) is 42.8 Å². The Morgan fingerprint density at radius 3 is 2.65 bits per heavy atom. The Morgan fingerprint density at radius 1 is 1.05 bits per heavy atom. The van der Waals surface area contributed by atoms with E-state index in [0.717, 1.165) is 77.2 Å². The van der Waals surface area contributed by atoms with E-state index in [2.05, 4.69) is 13.0 Å². The van der Waals surface area contributed by atoms with Gasteiger partial charge >= 0.3 is 5.63 Å². The smallest absolute Gasteiger partial charge is 0.339 e. The van der Waals surface area contributed by atoms with Crippen LogP contribution in [0.4, 0.5) is 0 Å². The van der Waals surface area contributed by atoms with Gasteiger partial charge in [-0.3, -0.25) is 4.79 Å². The highest BCUT2D eigenvalue weighted by Gasteiger charge is 2.23. The van der Waals surface area contributed by atoms with Gasteiger partial charge in [-0.1, -0.05) is 26.2 Å². The summed E-state index contributed by atoms with van der Waals surface area (Å²) in [5, 5.41) is 1.86. The molecule has 4 aromatic rings. The van der Waals surface area contributed by atoms with Crippen LogP contribution < -0.4 is 15.1 Å². The highest BCUT2D eigenvalue weighted by Crippen LogP contribution is 2.34. The second kappa shape index (κ2) is 10.4. The molecule has 0 fully saturated rings. The number of hydrogen-bond donors (Lipinski definition) is 0. The maximum absolute atomic E-state index is 13.5. The molecule has 2 aromatic heterocycles. The van der Waals surface area contributed by atoms with Crippen molar-refractivity contribution in [2.24, 2.45) is 7.05 Å². The standard InChI is InChI=1S/C31H35NO5/c1-5-6-7-8-10-20-15-24-22-11-9-12-23(22)31(34)37-29(24)17-28(20)36-18-27(33)30-19(2)32(3)26-14-13-21(35-4)16-25(26)30/h13-17H,5-12,18H2,1-4H3. The predicted octanol–water partition coefficient (Wildman–Crippen LogP) is 6.47. The van der Waals surface area contributed by atoms with Gasteiger partial charge in [0.05, 0.1) is 7.11 Å². The number of unbranched alkanes of at least 4 members (excludes halogenated alkanes) is 3. The quantitative estimate of drug-likeness (QED) is 0.141. The summed E-state index contributed by atoms with van der Waals surface area (Å²) in [5.74, 6) is 1.23. The van der Waals surface area contributed by atoms with Crippen LogP contribution in [0.3, 0.4) is 0 Å². The van der Waals surface area contributed by atoms with Crippen molar-refractivity contribution in [2.45, 2.75) is 65.2 Å². The molecule has 6 heteroatoms. The monoisotopic (exact) mass is 501 g/mol. The van der Waals surface area contributed by atoms with Crippen molar-refractivity contribution >= 4 is 27.7 Å². The molecule has 2 heterocycles. The Hall–Kier alpha value is -3.54. The molecule has 1 aliphatic rings. The van der Waals surface area contributed by atoms with Gasteiger partial charge in [0.15, 0.2) is 6.61 Å². The minimum atomic E-state index is -0.252. The lowest BCUT2D eigenvalue weighted by Gasteiger charge is -2.14. The van der Waals surface area contributed by atoms with Crippen LogP contribution in [-0.2, 0) is 26.3 Å². The number of ketones is 1. The minimum Gasteiger partial charge on any atom is -0.497 e. The number of fused-ring (bicyclic) bond motifs is 4. The number of ether oxygens (including phenoxy) is 2. The molecule has 37 heavy (non-hydrogen) atoms. The Kier molecular flexibility index (Phi) is 7.09. The third-order valence-electron chi connectivity index (χ3n) is 7.79. The molecule has 0 unspecified atom stereocenters. The van der Waals surface area contributed by atoms with Crippen molar-refractivity contribution in [3.63, 3.8) is 0 Å². The third kappa shape index (κ3) is 4.65. The molecule has 1 aliphatic carbocycles. The first-order chi connectivity index (χ1) is 17.9. The molecule has 0 saturated heterocycles. The van der Waals surface area contributed by atoms with Crippen LogP contribution in [0.2, 0.25) is 0 Å². The van der Waals surface area contributed by atoms with Crippen molar-refractivity contribution in [3.05, 3.63) is 68.7 Å². The molecule has 6 nitrogen and oxygen atoms in total. The van der Waals surface area contributed by atoms with E-state index < -0.39 is 0 Å². The molecule has 0 amide bonds. The van der Waals surface area contributed by atoms with E-state index in [-0.39, 0.29) is 18.0 Å². The summed E-state index contributed by atoms with van der Waals surface area (Å²) in [6.45, 7) is 4.05. The minimum absolute atomic E-state index is 0.0937. The number of rotatable bonds is 10. The van der Waals surface area contributed by atoms with E-state index in [1.165, 1.54) is 12.8 Å². The lowest BCUT2D eigenvalue weighted by atomic mass is 9.99. The summed E-state index contributed by atoms with van der Waals surface area (Å²) >= 11 is 0. The van der Waals surface area contributed by atoms with Crippen LogP contribution in [-0.4, -0.2) is 24.1 Å². The number of nitrogens with zero attached hydrogens (tertiary/aromatic N) is 1. The number of benzene rings is 2. The van der Waals surface area contributed by atoms with Gasteiger partial charge in [-0.25, -0.2) is 4.79 Å². The fourth-order valence-corrected chi connectivity index (χ4v) is 5.67. The first-order valence-electron chi connectivity index (χ1n) is 13.3. The maximum atomic E-state index is 13.5. The number of Topliss-reactive ketones (excluding diaryl/α,β-unsaturated/α-hetero) is 1. The van der Waals surface area contributed by atoms with Gasteiger partial charge in [0, 0.05) is 46.2 Å². The summed E-state index contributed by atoms with van der Waals surface area (Å²) < 4.78 is 19.3. The molecule has 0 aliphatic heterocycles. The topological polar surface area (TPSA) is 70.7 Å². The highest BCUT2D eigenvalue weighted by atomic mass is 16.5. The number of aromatic nitrogens is 1. The number of carbonyl (C=O) groups excluding carboxylic acids is 1. The molecular weight excluding hydrogens is 466 g/mol. The van der Waals surface area contributed by atoms with E-state index >= 15 is 0 Å². The highest BCUT2D eigenvalue weighted by molar-refractivity contribution is 6.10. The fraction of sp³-hybridized carbons (Fsp3) is 0.419. The Bertz CT molecular complexity index is 1540. The van der Waals surface area contributed by atoms with Crippen LogP contribution in [0.5, 0.6) is 11.5 Å². The number of aryl methyl sites for hydroxylation is 3. The summed E-state index contributed by atoms with van der Waals surface area (Å²) in [7, 11) is 3.58. The average Bonchev–Trinajstić information content (AvgIpc) is 3.49. The number of hydrogen-bond acceptors (Lipinski definition) is 5. The Morgan fingerprint density at radius 2 is 1.86 bits per heavy atom. The molecule has 2 aromatic carbocycles. The van der Waals surface area contributed by atoms with E-state index in [4.69, 9.17) is 13.9 Å². The van der Waals surface area contributed by atoms with E-state index in [1.54, 1.807) is 7.11 Å². The lowest BCUT2D eigenvalue weighted by Crippen LogP contribution is -2.14. The van der Waals surface area contributed by atoms with Gasteiger partial charge in [-0.05, 0) is 74.4 Å². The van der Waals surface area contributed by atoms with E-state index in [0.29, 0.717) is 22.6 Å². The normalized spacial score (nSPS) is 12.9. The molecule has 0 spiro atoms. The molecule has 194 valence electrons. The third-order valence-corrected chi connectivity index (χ3v) is 7.79. The van der Waals surface area contributed by atoms with Gasteiger partial charge in [0.2, 0.25) is 5.78 Å². The predicted molar refractivity (Wildman–Crippen MR) is 146 cm³/mol. The zero-order valence-electron chi connectivity index (χ0n) is 22.2. The van der Waals surface area contributed by atoms with Gasteiger partial charge in [0.1, 0.15) is 17.1 Å². The molecule has 5 rings (SSSR count). The molecular formula is C31H35NO5. The van der Waals surface area contributed by atoms with E-state index in [9.17, 15) is 9.59 Å². The molecule has 0 radical (unpaired) electrons. The first kappa shape index (κ1) is 25.1. The Balaban J connectivity index is 1.48. The number of carbonyl (C=O) groups is 1. The summed E-state index contributed by atoms with van der Waals surface area (Å²) in [6, 6.07) is 9.72. The van der Waals surface area contributed by atoms with Gasteiger partial charge < -0.3 is 18.5 Å². The average molecular weight is 502 g/mol. The number of methoxy groups -OCH3 is 1. The second-order valence-electron chi connectivity index (χ2n) is 10.1. The summed E-state index contributed by atoms with van der Waals surface area (Å²) in [6.07, 6.45) is 8.07. The summed E-state index contributed by atoms with van der Waals surface area (Å²) in [4.78, 5) is 26.1. The van der Waals surface area contributed by atoms with Crippen molar-refractivity contribution in [1.29, 1.82) is 0 Å². The molecule has 0 atom stereocenters. The van der Waals surface area contributed by atoms with Crippen molar-refractivity contribution in [3.8, 4) is 11.5 Å². The molecule has 0 bridgehead atoms.